The molecule has 0 bridgehead atoms. The minimum absolute atomic E-state index is 0.129. The third-order valence-electron chi connectivity index (χ3n) is 3.13. The lowest BCUT2D eigenvalue weighted by atomic mass is 10.1. The number of aromatic nitrogens is 3. The molecule has 2 aromatic heterocycles. The topological polar surface area (TPSA) is 73.3 Å². The Hall–Kier alpha value is -2.76. The molecular formula is C14H11FN4O. The Morgan fingerprint density at radius 1 is 1.35 bits per heavy atom. The number of benzene rings is 1. The van der Waals surface area contributed by atoms with Gasteiger partial charge in [-0.25, -0.2) is 9.37 Å². The predicted molar refractivity (Wildman–Crippen MR) is 71.6 cm³/mol. The lowest BCUT2D eigenvalue weighted by Crippen LogP contribution is -2.13. The number of rotatable bonds is 2. The number of nitrogens with two attached hydrogens (primary N) is 1. The quantitative estimate of drug-likeness (QED) is 0.773. The smallest absolute Gasteiger partial charge is 0.251 e. The van der Waals surface area contributed by atoms with Crippen molar-refractivity contribution in [2.45, 2.75) is 6.92 Å². The van der Waals surface area contributed by atoms with Crippen LogP contribution >= 0.6 is 0 Å². The van der Waals surface area contributed by atoms with Crippen LogP contribution in [0.1, 0.15) is 16.1 Å². The van der Waals surface area contributed by atoms with Gasteiger partial charge in [0.1, 0.15) is 5.82 Å². The molecule has 5 nitrogen and oxygen atoms in total. The third kappa shape index (κ3) is 1.82. The molecule has 0 unspecified atom stereocenters. The monoisotopic (exact) mass is 270 g/mol. The number of carbonyl (C=O) groups excluding carboxylic acids is 1. The number of halogens is 1. The molecule has 0 aliphatic rings. The summed E-state index contributed by atoms with van der Waals surface area (Å²) in [4.78, 5) is 19.5. The number of hydrogen-bond acceptors (Lipinski definition) is 3. The second kappa shape index (κ2) is 4.41. The Kier molecular flexibility index (Phi) is 2.71. The maximum Gasteiger partial charge on any atom is 0.251 e. The van der Waals surface area contributed by atoms with Crippen LogP contribution in [0.15, 0.2) is 36.8 Å². The first-order valence-corrected chi connectivity index (χ1v) is 5.96. The molecular weight excluding hydrogens is 259 g/mol. The van der Waals surface area contributed by atoms with Gasteiger partial charge in [0, 0.05) is 18.0 Å². The van der Waals surface area contributed by atoms with E-state index in [4.69, 9.17) is 5.73 Å². The average Bonchev–Trinajstić information content (AvgIpc) is 2.88. The van der Waals surface area contributed by atoms with Crippen molar-refractivity contribution in [2.75, 3.05) is 0 Å². The average molecular weight is 270 g/mol. The lowest BCUT2D eigenvalue weighted by Gasteiger charge is -2.08. The summed E-state index contributed by atoms with van der Waals surface area (Å²) in [6.45, 7) is 1.85. The second-order valence-electron chi connectivity index (χ2n) is 4.41. The normalized spacial score (nSPS) is 10.9. The molecule has 0 spiro atoms. The zero-order valence-electron chi connectivity index (χ0n) is 10.7. The molecule has 0 atom stereocenters. The Bertz CT molecular complexity index is 825. The van der Waals surface area contributed by atoms with E-state index in [0.29, 0.717) is 16.9 Å². The first kappa shape index (κ1) is 12.3. The zero-order chi connectivity index (χ0) is 14.3. The van der Waals surface area contributed by atoms with Crippen molar-refractivity contribution in [3.63, 3.8) is 0 Å². The van der Waals surface area contributed by atoms with Gasteiger partial charge in [-0.3, -0.25) is 14.2 Å². The van der Waals surface area contributed by atoms with Crippen molar-refractivity contribution in [3.05, 3.63) is 53.9 Å². The molecule has 0 saturated heterocycles. The van der Waals surface area contributed by atoms with Gasteiger partial charge in [-0.05, 0) is 19.1 Å². The van der Waals surface area contributed by atoms with E-state index in [0.717, 1.165) is 5.69 Å². The number of carbonyl (C=O) groups is 1. The summed E-state index contributed by atoms with van der Waals surface area (Å²) in [6, 6.07) is 4.27. The Labute approximate surface area is 113 Å². The van der Waals surface area contributed by atoms with Crippen LogP contribution in [0.5, 0.6) is 0 Å². The van der Waals surface area contributed by atoms with Crippen LogP contribution in [0.3, 0.4) is 0 Å². The molecule has 0 saturated carbocycles. The molecule has 2 N–H and O–H groups in total. The van der Waals surface area contributed by atoms with Gasteiger partial charge >= 0.3 is 0 Å². The molecule has 1 aromatic carbocycles. The molecule has 0 aliphatic carbocycles. The second-order valence-corrected chi connectivity index (χ2v) is 4.41. The van der Waals surface area contributed by atoms with Gasteiger partial charge in [-0.1, -0.05) is 6.07 Å². The van der Waals surface area contributed by atoms with Crippen LogP contribution in [0, 0.1) is 12.7 Å². The predicted octanol–water partition coefficient (Wildman–Crippen LogP) is 1.94. The summed E-state index contributed by atoms with van der Waals surface area (Å²) in [7, 11) is 0. The Morgan fingerprint density at radius 3 is 2.85 bits per heavy atom. The lowest BCUT2D eigenvalue weighted by molar-refractivity contribution is 0.0996. The van der Waals surface area contributed by atoms with Gasteiger partial charge in [0.15, 0.2) is 5.65 Å². The highest BCUT2D eigenvalue weighted by atomic mass is 19.1. The highest BCUT2D eigenvalue weighted by Crippen LogP contribution is 2.23. The fourth-order valence-corrected chi connectivity index (χ4v) is 2.13. The minimum atomic E-state index is -0.788. The molecule has 0 aliphatic heterocycles. The van der Waals surface area contributed by atoms with Gasteiger partial charge in [0.25, 0.3) is 5.91 Å². The molecule has 1 amide bonds. The van der Waals surface area contributed by atoms with E-state index in [-0.39, 0.29) is 5.56 Å². The molecule has 0 fully saturated rings. The van der Waals surface area contributed by atoms with Crippen LogP contribution < -0.4 is 5.73 Å². The molecule has 0 radical (unpaired) electrons. The summed E-state index contributed by atoms with van der Waals surface area (Å²) < 4.78 is 15.7. The van der Waals surface area contributed by atoms with Crippen molar-refractivity contribution in [1.29, 1.82) is 0 Å². The number of aryl methyl sites for hydroxylation is 1. The van der Waals surface area contributed by atoms with E-state index < -0.39 is 11.7 Å². The first-order valence-electron chi connectivity index (χ1n) is 5.96. The third-order valence-corrected chi connectivity index (χ3v) is 3.13. The zero-order valence-corrected chi connectivity index (χ0v) is 10.7. The summed E-state index contributed by atoms with van der Waals surface area (Å²) >= 11 is 0. The van der Waals surface area contributed by atoms with Crippen LogP contribution in [0.4, 0.5) is 4.39 Å². The van der Waals surface area contributed by atoms with Crippen molar-refractivity contribution >= 4 is 11.6 Å². The molecule has 2 heterocycles. The fraction of sp³-hybridized carbons (Fsp3) is 0.0714. The summed E-state index contributed by atoms with van der Waals surface area (Å²) in [5.74, 6) is -1.44. The molecule has 6 heteroatoms. The van der Waals surface area contributed by atoms with E-state index >= 15 is 0 Å². The summed E-state index contributed by atoms with van der Waals surface area (Å²) in [6.07, 6.45) is 5.07. The minimum Gasteiger partial charge on any atom is -0.366 e. The molecule has 100 valence electrons. The van der Waals surface area contributed by atoms with Crippen LogP contribution in [0.2, 0.25) is 0 Å². The highest BCUT2D eigenvalue weighted by molar-refractivity contribution is 5.93. The SMILES string of the molecule is Cc1ncc(-c2ccc(C(N)=O)c(F)c2)n2ccnc12. The molecule has 20 heavy (non-hydrogen) atoms. The Balaban J connectivity index is 2.21. The largest absolute Gasteiger partial charge is 0.366 e. The van der Waals surface area contributed by atoms with Crippen molar-refractivity contribution in [3.8, 4) is 11.3 Å². The fourth-order valence-electron chi connectivity index (χ4n) is 2.13. The number of primary amides is 1. The van der Waals surface area contributed by atoms with E-state index in [9.17, 15) is 9.18 Å². The molecule has 3 rings (SSSR count). The summed E-state index contributed by atoms with van der Waals surface area (Å²) in [5, 5.41) is 0. The Morgan fingerprint density at radius 2 is 2.15 bits per heavy atom. The number of hydrogen-bond donors (Lipinski definition) is 1. The first-order chi connectivity index (χ1) is 9.58. The van der Waals surface area contributed by atoms with Crippen LogP contribution in [-0.2, 0) is 0 Å². The van der Waals surface area contributed by atoms with Gasteiger partial charge in [-0.15, -0.1) is 0 Å². The van der Waals surface area contributed by atoms with Crippen molar-refractivity contribution in [2.24, 2.45) is 5.73 Å². The van der Waals surface area contributed by atoms with Crippen molar-refractivity contribution < 1.29 is 9.18 Å². The number of imidazole rings is 1. The van der Waals surface area contributed by atoms with Gasteiger partial charge in [-0.2, -0.15) is 0 Å². The maximum atomic E-state index is 13.8. The van der Waals surface area contributed by atoms with E-state index in [1.807, 2.05) is 11.3 Å². The number of fused-ring (bicyclic) bond motifs is 1. The standard InChI is InChI=1S/C14H11FN4O/c1-8-14-17-4-5-19(14)12(7-18-8)9-2-3-10(13(16)20)11(15)6-9/h2-7H,1H3,(H2,16,20). The van der Waals surface area contributed by atoms with E-state index in [1.54, 1.807) is 24.7 Å². The van der Waals surface area contributed by atoms with E-state index in [2.05, 4.69) is 9.97 Å². The van der Waals surface area contributed by atoms with Gasteiger partial charge < -0.3 is 5.73 Å². The van der Waals surface area contributed by atoms with Crippen LogP contribution in [-0.4, -0.2) is 20.3 Å². The van der Waals surface area contributed by atoms with Gasteiger partial charge in [0.05, 0.1) is 23.1 Å². The van der Waals surface area contributed by atoms with Gasteiger partial charge in [0.2, 0.25) is 0 Å². The summed E-state index contributed by atoms with van der Waals surface area (Å²) in [5.41, 5.74) is 7.75. The number of amides is 1. The van der Waals surface area contributed by atoms with E-state index in [1.165, 1.54) is 12.1 Å². The molecule has 3 aromatic rings. The van der Waals surface area contributed by atoms with Crippen molar-refractivity contribution in [1.82, 2.24) is 14.4 Å². The highest BCUT2D eigenvalue weighted by Gasteiger charge is 2.12. The maximum absolute atomic E-state index is 13.8. The van der Waals surface area contributed by atoms with Crippen LogP contribution in [0.25, 0.3) is 16.9 Å². The number of nitrogens with zero attached hydrogens (tertiary/aromatic N) is 3.